The first kappa shape index (κ1) is 20.5. The normalized spacial score (nSPS) is 18.3. The van der Waals surface area contributed by atoms with Crippen LogP contribution in [-0.4, -0.2) is 22.4 Å². The van der Waals surface area contributed by atoms with Crippen molar-refractivity contribution in [2.24, 2.45) is 0 Å². The Kier molecular flexibility index (Phi) is 5.55. The molecule has 2 aromatic heterocycles. The van der Waals surface area contributed by atoms with Crippen LogP contribution in [0.2, 0.25) is 0 Å². The number of carbonyl (C=O) groups excluding carboxylic acids is 2. The third kappa shape index (κ3) is 3.83. The molecule has 1 aliphatic heterocycles. The van der Waals surface area contributed by atoms with Crippen molar-refractivity contribution in [3.05, 3.63) is 70.3 Å². The summed E-state index contributed by atoms with van der Waals surface area (Å²) >= 11 is 2.66. The van der Waals surface area contributed by atoms with Crippen molar-refractivity contribution in [1.29, 1.82) is 5.26 Å². The maximum absolute atomic E-state index is 12.7. The molecule has 160 valence electrons. The number of allylic oxidation sites excluding steroid dienone is 3. The fourth-order valence-corrected chi connectivity index (χ4v) is 5.74. The second-order valence-corrected chi connectivity index (χ2v) is 9.44. The Labute approximate surface area is 192 Å². The van der Waals surface area contributed by atoms with E-state index in [1.54, 1.807) is 12.1 Å². The average molecular weight is 463 g/mol. The molecule has 1 aliphatic carbocycles. The lowest BCUT2D eigenvalue weighted by Gasteiger charge is -2.32. The van der Waals surface area contributed by atoms with Crippen molar-refractivity contribution in [1.82, 2.24) is 10.3 Å². The lowest BCUT2D eigenvalue weighted by molar-refractivity contribution is -0.116. The number of thioether (sulfide) groups is 1. The number of nitriles is 1. The maximum Gasteiger partial charge on any atom is 0.236 e. The topological polar surface area (TPSA) is 108 Å². The van der Waals surface area contributed by atoms with Gasteiger partial charge in [0, 0.05) is 17.7 Å². The number of benzene rings is 1. The van der Waals surface area contributed by atoms with E-state index in [0.29, 0.717) is 33.5 Å². The van der Waals surface area contributed by atoms with E-state index in [0.717, 1.165) is 28.8 Å². The Hall–Kier alpha value is -3.35. The summed E-state index contributed by atoms with van der Waals surface area (Å²) in [6, 6.07) is 13.5. The number of ketones is 1. The molecule has 2 aliphatic rings. The van der Waals surface area contributed by atoms with Gasteiger partial charge in [0.15, 0.2) is 10.9 Å². The number of fused-ring (bicyclic) bond motifs is 1. The molecular formula is C23H18N4O3S2. The molecule has 0 radical (unpaired) electrons. The number of aromatic nitrogens is 1. The van der Waals surface area contributed by atoms with Gasteiger partial charge in [-0.1, -0.05) is 35.2 Å². The van der Waals surface area contributed by atoms with E-state index < -0.39 is 5.92 Å². The molecule has 0 saturated carbocycles. The molecule has 0 saturated heterocycles. The second-order valence-electron chi connectivity index (χ2n) is 7.42. The van der Waals surface area contributed by atoms with Gasteiger partial charge in [0.2, 0.25) is 5.91 Å². The van der Waals surface area contributed by atoms with Gasteiger partial charge in [-0.3, -0.25) is 9.59 Å². The number of nitrogens with one attached hydrogen (secondary N) is 2. The predicted molar refractivity (Wildman–Crippen MR) is 124 cm³/mol. The van der Waals surface area contributed by atoms with Gasteiger partial charge in [0.25, 0.3) is 0 Å². The van der Waals surface area contributed by atoms with Crippen LogP contribution >= 0.6 is 23.1 Å². The third-order valence-electron chi connectivity index (χ3n) is 5.38. The van der Waals surface area contributed by atoms with Crippen molar-refractivity contribution in [2.75, 3.05) is 11.1 Å². The fourth-order valence-electron chi connectivity index (χ4n) is 4.00. The molecule has 7 nitrogen and oxygen atoms in total. The van der Waals surface area contributed by atoms with Gasteiger partial charge in [-0.25, -0.2) is 4.98 Å². The molecule has 9 heteroatoms. The summed E-state index contributed by atoms with van der Waals surface area (Å²) in [4.78, 5) is 29.7. The minimum atomic E-state index is -0.547. The zero-order chi connectivity index (χ0) is 22.1. The van der Waals surface area contributed by atoms with Gasteiger partial charge in [-0.15, -0.1) is 0 Å². The Bertz CT molecular complexity index is 1280. The first-order valence-corrected chi connectivity index (χ1v) is 11.9. The molecule has 32 heavy (non-hydrogen) atoms. The summed E-state index contributed by atoms with van der Waals surface area (Å²) in [5.74, 6) is -0.0675. The fraction of sp³-hybridized carbons (Fsp3) is 0.217. The quantitative estimate of drug-likeness (QED) is 0.566. The molecule has 3 aromatic rings. The highest BCUT2D eigenvalue weighted by atomic mass is 32.2. The number of anilines is 1. The number of amides is 1. The van der Waals surface area contributed by atoms with Crippen molar-refractivity contribution < 1.29 is 14.0 Å². The van der Waals surface area contributed by atoms with Crippen LogP contribution in [0.5, 0.6) is 0 Å². The van der Waals surface area contributed by atoms with E-state index in [1.165, 1.54) is 29.4 Å². The van der Waals surface area contributed by atoms with Gasteiger partial charge in [0.1, 0.15) is 5.76 Å². The van der Waals surface area contributed by atoms with Crippen LogP contribution in [0.3, 0.4) is 0 Å². The number of thiazole rings is 1. The number of carbonyl (C=O) groups is 2. The molecule has 1 amide bonds. The highest BCUT2D eigenvalue weighted by molar-refractivity contribution is 8.03. The highest BCUT2D eigenvalue weighted by Crippen LogP contribution is 2.44. The number of nitrogens with zero attached hydrogens (tertiary/aromatic N) is 2. The van der Waals surface area contributed by atoms with Crippen LogP contribution in [0, 0.1) is 11.3 Å². The van der Waals surface area contributed by atoms with Crippen LogP contribution < -0.4 is 10.6 Å². The number of Topliss-reactive ketones (excluding diaryl/α,β-unsaturated/α-hetero) is 1. The number of hydrogen-bond donors (Lipinski definition) is 2. The van der Waals surface area contributed by atoms with E-state index >= 15 is 0 Å². The molecule has 0 unspecified atom stereocenters. The Balaban J connectivity index is 1.37. The first-order chi connectivity index (χ1) is 15.6. The zero-order valence-electron chi connectivity index (χ0n) is 16.9. The maximum atomic E-state index is 12.7. The lowest BCUT2D eigenvalue weighted by Crippen LogP contribution is -2.31. The van der Waals surface area contributed by atoms with Crippen LogP contribution in [-0.2, 0) is 9.59 Å². The molecular weight excluding hydrogens is 444 g/mol. The van der Waals surface area contributed by atoms with Crippen molar-refractivity contribution in [3.8, 4) is 6.07 Å². The molecule has 0 bridgehead atoms. The third-order valence-corrected chi connectivity index (χ3v) is 7.35. The summed E-state index contributed by atoms with van der Waals surface area (Å²) in [6.07, 6.45) is 3.48. The number of dihydropyridines is 1. The lowest BCUT2D eigenvalue weighted by atomic mass is 9.79. The van der Waals surface area contributed by atoms with Crippen LogP contribution in [0.1, 0.15) is 30.9 Å². The first-order valence-electron chi connectivity index (χ1n) is 10.1. The minimum Gasteiger partial charge on any atom is -0.468 e. The van der Waals surface area contributed by atoms with Crippen LogP contribution in [0.4, 0.5) is 5.13 Å². The smallest absolute Gasteiger partial charge is 0.236 e. The minimum absolute atomic E-state index is 0.0329. The SMILES string of the molecule is N#CC1=C(SCC(=O)Nc2nc3ccccc3s2)NC2=C(C(=O)CCC2)[C@@H]1c1ccco1. The van der Waals surface area contributed by atoms with Crippen molar-refractivity contribution in [2.45, 2.75) is 25.2 Å². The monoisotopic (exact) mass is 462 g/mol. The molecule has 2 N–H and O–H groups in total. The van der Waals surface area contributed by atoms with E-state index in [-0.39, 0.29) is 17.4 Å². The highest BCUT2D eigenvalue weighted by Gasteiger charge is 2.38. The van der Waals surface area contributed by atoms with Gasteiger partial charge in [-0.05, 0) is 37.1 Å². The summed E-state index contributed by atoms with van der Waals surface area (Å²) in [5, 5.41) is 17.2. The zero-order valence-corrected chi connectivity index (χ0v) is 18.5. The number of rotatable bonds is 5. The van der Waals surface area contributed by atoms with Crippen LogP contribution in [0.15, 0.2) is 69.0 Å². The van der Waals surface area contributed by atoms with E-state index in [9.17, 15) is 14.9 Å². The predicted octanol–water partition coefficient (Wildman–Crippen LogP) is 4.69. The number of hydrogen-bond acceptors (Lipinski definition) is 8. The Morgan fingerprint density at radius 1 is 1.31 bits per heavy atom. The number of furan rings is 1. The second kappa shape index (κ2) is 8.65. The van der Waals surface area contributed by atoms with E-state index in [2.05, 4.69) is 21.7 Å². The average Bonchev–Trinajstić information content (AvgIpc) is 3.46. The van der Waals surface area contributed by atoms with Gasteiger partial charge in [0.05, 0.1) is 44.8 Å². The molecule has 1 aromatic carbocycles. The summed E-state index contributed by atoms with van der Waals surface area (Å²) in [7, 11) is 0. The van der Waals surface area contributed by atoms with Crippen molar-refractivity contribution >= 4 is 50.1 Å². The van der Waals surface area contributed by atoms with E-state index in [1.807, 2.05) is 24.3 Å². The van der Waals surface area contributed by atoms with Gasteiger partial charge >= 0.3 is 0 Å². The van der Waals surface area contributed by atoms with Crippen molar-refractivity contribution in [3.63, 3.8) is 0 Å². The van der Waals surface area contributed by atoms with Gasteiger partial charge < -0.3 is 15.1 Å². The summed E-state index contributed by atoms with van der Waals surface area (Å²) in [5.41, 5.74) is 2.65. The van der Waals surface area contributed by atoms with E-state index in [4.69, 9.17) is 4.42 Å². The number of para-hydroxylation sites is 1. The Morgan fingerprint density at radius 2 is 2.19 bits per heavy atom. The molecule has 3 heterocycles. The standard InChI is InChI=1S/C23H18N4O3S2/c24-11-13-20(17-8-4-10-30-17)21-15(6-3-7-16(21)28)25-22(13)31-12-19(29)27-23-26-14-5-1-2-9-18(14)32-23/h1-2,4-5,8-10,20,25H,3,6-7,12H2,(H,26,27,29)/t20-/m0/s1. The molecule has 5 rings (SSSR count). The van der Waals surface area contributed by atoms with Gasteiger partial charge in [-0.2, -0.15) is 5.26 Å². The summed E-state index contributed by atoms with van der Waals surface area (Å²) < 4.78 is 6.59. The van der Waals surface area contributed by atoms with Crippen LogP contribution in [0.25, 0.3) is 10.2 Å². The molecule has 0 fully saturated rings. The molecule has 1 atom stereocenters. The molecule has 0 spiro atoms. The summed E-state index contributed by atoms with van der Waals surface area (Å²) in [6.45, 7) is 0. The largest absolute Gasteiger partial charge is 0.468 e. The Morgan fingerprint density at radius 3 is 2.97 bits per heavy atom.